The van der Waals surface area contributed by atoms with Crippen LogP contribution in [0.2, 0.25) is 5.02 Å². The minimum atomic E-state index is -1.02. The van der Waals surface area contributed by atoms with Crippen molar-refractivity contribution in [2.24, 2.45) is 5.41 Å². The van der Waals surface area contributed by atoms with Crippen LogP contribution in [0.4, 0.5) is 11.4 Å². The van der Waals surface area contributed by atoms with E-state index in [0.717, 1.165) is 5.56 Å². The van der Waals surface area contributed by atoms with Gasteiger partial charge in [-0.3, -0.25) is 9.59 Å². The number of carbonyl (C=O) groups is 2. The van der Waals surface area contributed by atoms with E-state index in [-0.39, 0.29) is 11.8 Å². The number of aryl methyl sites for hydroxylation is 1. The van der Waals surface area contributed by atoms with Crippen molar-refractivity contribution in [1.29, 1.82) is 0 Å². The third-order valence-electron chi connectivity index (χ3n) is 4.41. The summed E-state index contributed by atoms with van der Waals surface area (Å²) in [6.07, 6.45) is 1.06. The van der Waals surface area contributed by atoms with Gasteiger partial charge in [0.1, 0.15) is 11.2 Å². The summed E-state index contributed by atoms with van der Waals surface area (Å²) in [5, 5.41) is 6.18. The molecule has 0 aliphatic heterocycles. The molecule has 0 radical (unpaired) electrons. The van der Waals surface area contributed by atoms with Crippen molar-refractivity contribution in [2.75, 3.05) is 17.7 Å². The molecule has 25 heavy (non-hydrogen) atoms. The highest BCUT2D eigenvalue weighted by Gasteiger charge is 2.56. The Balaban J connectivity index is 1.71. The molecular weight excluding hydrogens is 340 g/mol. The van der Waals surface area contributed by atoms with E-state index in [1.165, 1.54) is 0 Å². The molecule has 3 rings (SSSR count). The molecule has 5 nitrogen and oxygen atoms in total. The zero-order valence-electron chi connectivity index (χ0n) is 14.1. The van der Waals surface area contributed by atoms with Crippen molar-refractivity contribution in [1.82, 2.24) is 0 Å². The van der Waals surface area contributed by atoms with Crippen LogP contribution < -0.4 is 15.4 Å². The Morgan fingerprint density at radius 3 is 2.28 bits per heavy atom. The number of nitrogens with one attached hydrogen (secondary N) is 2. The second kappa shape index (κ2) is 6.76. The van der Waals surface area contributed by atoms with Crippen LogP contribution in [-0.2, 0) is 9.59 Å². The van der Waals surface area contributed by atoms with Crippen molar-refractivity contribution < 1.29 is 14.3 Å². The largest absolute Gasteiger partial charge is 0.497 e. The van der Waals surface area contributed by atoms with E-state index in [9.17, 15) is 9.59 Å². The predicted octanol–water partition coefficient (Wildman–Crippen LogP) is 4.01. The molecule has 0 saturated heterocycles. The van der Waals surface area contributed by atoms with Gasteiger partial charge in [-0.25, -0.2) is 0 Å². The Hall–Kier alpha value is -2.53. The molecule has 1 aliphatic carbocycles. The minimum Gasteiger partial charge on any atom is -0.497 e. The lowest BCUT2D eigenvalue weighted by Gasteiger charge is -2.17. The van der Waals surface area contributed by atoms with Crippen molar-refractivity contribution in [2.45, 2.75) is 19.8 Å². The molecule has 0 unspecified atom stereocenters. The van der Waals surface area contributed by atoms with Gasteiger partial charge in [0.2, 0.25) is 11.8 Å². The van der Waals surface area contributed by atoms with Gasteiger partial charge in [0, 0.05) is 16.4 Å². The van der Waals surface area contributed by atoms with Gasteiger partial charge < -0.3 is 15.4 Å². The van der Waals surface area contributed by atoms with Crippen LogP contribution in [0.1, 0.15) is 18.4 Å². The van der Waals surface area contributed by atoms with Crippen molar-refractivity contribution >= 4 is 34.8 Å². The molecule has 2 amide bonds. The smallest absolute Gasteiger partial charge is 0.240 e. The molecule has 0 aromatic heterocycles. The van der Waals surface area contributed by atoms with Crippen LogP contribution in [0.25, 0.3) is 0 Å². The molecule has 1 saturated carbocycles. The second-order valence-electron chi connectivity index (χ2n) is 6.18. The van der Waals surface area contributed by atoms with Crippen molar-refractivity contribution in [3.8, 4) is 5.75 Å². The quantitative estimate of drug-likeness (QED) is 0.793. The number of hydrogen-bond donors (Lipinski definition) is 2. The van der Waals surface area contributed by atoms with E-state index in [1.807, 2.05) is 13.0 Å². The molecule has 0 atom stereocenters. The topological polar surface area (TPSA) is 67.4 Å². The molecule has 0 bridgehead atoms. The van der Waals surface area contributed by atoms with E-state index in [1.54, 1.807) is 43.5 Å². The summed E-state index contributed by atoms with van der Waals surface area (Å²) in [4.78, 5) is 25.3. The zero-order valence-corrected chi connectivity index (χ0v) is 14.8. The highest BCUT2D eigenvalue weighted by Crippen LogP contribution is 2.47. The summed E-state index contributed by atoms with van der Waals surface area (Å²) in [5.74, 6) is 0.104. The molecule has 0 spiro atoms. The van der Waals surface area contributed by atoms with Crippen LogP contribution in [0.5, 0.6) is 5.75 Å². The fraction of sp³-hybridized carbons (Fsp3) is 0.263. The maximum Gasteiger partial charge on any atom is 0.240 e. The Kier molecular flexibility index (Phi) is 4.68. The second-order valence-corrected chi connectivity index (χ2v) is 6.61. The van der Waals surface area contributed by atoms with Gasteiger partial charge in [-0.1, -0.05) is 17.7 Å². The van der Waals surface area contributed by atoms with E-state index in [2.05, 4.69) is 10.6 Å². The number of methoxy groups -OCH3 is 1. The molecule has 6 heteroatoms. The third-order valence-corrected chi connectivity index (χ3v) is 4.65. The standard InChI is InChI=1S/C19H19ClN2O3/c1-12-3-4-13(20)11-16(12)22-18(24)19(9-10-19)17(23)21-14-5-7-15(25-2)8-6-14/h3-8,11H,9-10H2,1-2H3,(H,21,23)(H,22,24). The van der Waals surface area contributed by atoms with E-state index in [4.69, 9.17) is 16.3 Å². The summed E-state index contributed by atoms with van der Waals surface area (Å²) < 4.78 is 5.09. The molecule has 2 aromatic rings. The Morgan fingerprint density at radius 2 is 1.68 bits per heavy atom. The van der Waals surface area contributed by atoms with E-state index in [0.29, 0.717) is 35.0 Å². The maximum absolute atomic E-state index is 12.7. The molecular formula is C19H19ClN2O3. The summed E-state index contributed by atoms with van der Waals surface area (Å²) in [6, 6.07) is 12.3. The fourth-order valence-electron chi connectivity index (χ4n) is 2.58. The van der Waals surface area contributed by atoms with Gasteiger partial charge in [-0.05, 0) is 61.7 Å². The van der Waals surface area contributed by atoms with Gasteiger partial charge in [0.25, 0.3) is 0 Å². The molecule has 2 aromatic carbocycles. The summed E-state index contributed by atoms with van der Waals surface area (Å²) >= 11 is 5.98. The van der Waals surface area contributed by atoms with Crippen LogP contribution in [0, 0.1) is 12.3 Å². The monoisotopic (exact) mass is 358 g/mol. The molecule has 1 fully saturated rings. The van der Waals surface area contributed by atoms with Gasteiger partial charge in [-0.2, -0.15) is 0 Å². The van der Waals surface area contributed by atoms with Crippen molar-refractivity contribution in [3.05, 3.63) is 53.1 Å². The van der Waals surface area contributed by atoms with E-state index >= 15 is 0 Å². The van der Waals surface area contributed by atoms with Crippen LogP contribution in [0.15, 0.2) is 42.5 Å². The minimum absolute atomic E-state index is 0.296. The number of ether oxygens (including phenoxy) is 1. The Morgan fingerprint density at radius 1 is 1.04 bits per heavy atom. The lowest BCUT2D eigenvalue weighted by Crippen LogP contribution is -2.35. The first-order valence-corrected chi connectivity index (χ1v) is 8.35. The van der Waals surface area contributed by atoms with Crippen LogP contribution in [0.3, 0.4) is 0 Å². The number of carbonyl (C=O) groups excluding carboxylic acids is 2. The first-order valence-electron chi connectivity index (χ1n) is 7.98. The molecule has 2 N–H and O–H groups in total. The summed E-state index contributed by atoms with van der Waals surface area (Å²) in [6.45, 7) is 1.88. The number of benzene rings is 2. The summed E-state index contributed by atoms with van der Waals surface area (Å²) in [7, 11) is 1.58. The number of halogens is 1. The summed E-state index contributed by atoms with van der Waals surface area (Å²) in [5.41, 5.74) is 1.13. The van der Waals surface area contributed by atoms with Gasteiger partial charge in [0.15, 0.2) is 0 Å². The van der Waals surface area contributed by atoms with Crippen LogP contribution >= 0.6 is 11.6 Å². The number of rotatable bonds is 5. The number of amides is 2. The molecule has 1 aliphatic rings. The highest BCUT2D eigenvalue weighted by molar-refractivity contribution is 6.31. The first-order chi connectivity index (χ1) is 11.9. The van der Waals surface area contributed by atoms with Gasteiger partial charge >= 0.3 is 0 Å². The van der Waals surface area contributed by atoms with Gasteiger partial charge in [-0.15, -0.1) is 0 Å². The average Bonchev–Trinajstić information content (AvgIpc) is 3.41. The third kappa shape index (κ3) is 3.61. The Labute approximate surface area is 151 Å². The number of anilines is 2. The average molecular weight is 359 g/mol. The Bertz CT molecular complexity index is 814. The van der Waals surface area contributed by atoms with Crippen molar-refractivity contribution in [3.63, 3.8) is 0 Å². The predicted molar refractivity (Wildman–Crippen MR) is 98.1 cm³/mol. The van der Waals surface area contributed by atoms with Crippen LogP contribution in [-0.4, -0.2) is 18.9 Å². The lowest BCUT2D eigenvalue weighted by molar-refractivity contribution is -0.131. The zero-order chi connectivity index (χ0) is 18.0. The van der Waals surface area contributed by atoms with E-state index < -0.39 is 5.41 Å². The normalized spacial score (nSPS) is 14.5. The first kappa shape index (κ1) is 17.3. The number of hydrogen-bond acceptors (Lipinski definition) is 3. The maximum atomic E-state index is 12.7. The van der Waals surface area contributed by atoms with Gasteiger partial charge in [0.05, 0.1) is 7.11 Å². The highest BCUT2D eigenvalue weighted by atomic mass is 35.5. The molecule has 130 valence electrons. The fourth-order valence-corrected chi connectivity index (χ4v) is 2.75. The molecule has 0 heterocycles. The lowest BCUT2D eigenvalue weighted by atomic mass is 10.0. The SMILES string of the molecule is COc1ccc(NC(=O)C2(C(=O)Nc3cc(Cl)ccc3C)CC2)cc1.